The average Bonchev–Trinajstić information content (AvgIpc) is 2.71. The first-order valence-electron chi connectivity index (χ1n) is 11.0. The van der Waals surface area contributed by atoms with Gasteiger partial charge in [0.2, 0.25) is 0 Å². The summed E-state index contributed by atoms with van der Waals surface area (Å²) in [4.78, 5) is 38.2. The SMILES string of the molecule is CCO[13C](=O)[13C]1=[13C]([13CH3])N[13C]([13CH3])=[13C]([13C](=O)OCC)C1c1ccccc1/C=C\C(=O)OC(C)(C)C. The van der Waals surface area contributed by atoms with Crippen LogP contribution >= 0.6 is 0 Å². The van der Waals surface area contributed by atoms with Crippen LogP contribution in [0.3, 0.4) is 0 Å². The largest absolute Gasteiger partial charge is 0.463 e. The Bertz CT molecular complexity index is 970. The predicted octanol–water partition coefficient (Wildman–Crippen LogP) is 4.40. The van der Waals surface area contributed by atoms with Crippen molar-refractivity contribution < 1.29 is 28.6 Å². The smallest absolute Gasteiger partial charge is 0.336 e. The molecule has 7 nitrogen and oxygen atoms in total. The Morgan fingerprint density at radius 3 is 1.94 bits per heavy atom. The molecule has 0 spiro atoms. The summed E-state index contributed by atoms with van der Waals surface area (Å²) in [6.45, 7) is 12.8. The zero-order valence-electron chi connectivity index (χ0n) is 20.4. The van der Waals surface area contributed by atoms with Gasteiger partial charge in [-0.1, -0.05) is 24.3 Å². The zero-order chi connectivity index (χ0) is 24.8. The monoisotopic (exact) mass is 463 g/mol. The molecule has 1 aromatic rings. The minimum atomic E-state index is -0.733. The lowest BCUT2D eigenvalue weighted by atomic mass is 10.0. The molecule has 33 heavy (non-hydrogen) atoms. The number of hydrogen-bond donors (Lipinski definition) is 1. The van der Waals surface area contributed by atoms with Crippen LogP contribution in [0.5, 0.6) is 0 Å². The average molecular weight is 463 g/mol. The highest BCUT2D eigenvalue weighted by Crippen LogP contribution is 2.40. The van der Waals surface area contributed by atoms with Crippen molar-refractivity contribution in [2.24, 2.45) is 0 Å². The fourth-order valence-electron chi connectivity index (χ4n) is 3.68. The van der Waals surface area contributed by atoms with Crippen molar-refractivity contribution in [2.75, 3.05) is 13.2 Å². The number of benzene rings is 1. The van der Waals surface area contributed by atoms with Crippen molar-refractivity contribution in [1.29, 1.82) is 0 Å². The second-order valence-corrected chi connectivity index (χ2v) is 8.57. The Morgan fingerprint density at radius 2 is 1.45 bits per heavy atom. The molecule has 178 valence electrons. The van der Waals surface area contributed by atoms with Gasteiger partial charge in [0.05, 0.1) is 30.3 Å². The van der Waals surface area contributed by atoms with Gasteiger partial charge in [-0.05, 0) is 65.7 Å². The van der Waals surface area contributed by atoms with Crippen LogP contribution in [0.2, 0.25) is 0 Å². The van der Waals surface area contributed by atoms with E-state index in [1.165, 1.54) is 6.08 Å². The second kappa shape index (κ2) is 11.0. The van der Waals surface area contributed by atoms with Crippen LogP contribution in [-0.4, -0.2) is 36.7 Å². The highest BCUT2D eigenvalue weighted by atomic mass is 16.6. The summed E-state index contributed by atoms with van der Waals surface area (Å²) in [7, 11) is 0. The lowest BCUT2D eigenvalue weighted by Crippen LogP contribution is -2.32. The maximum absolute atomic E-state index is 13.0. The van der Waals surface area contributed by atoms with Gasteiger partial charge in [-0.3, -0.25) is 0 Å². The first-order valence-corrected chi connectivity index (χ1v) is 11.0. The van der Waals surface area contributed by atoms with Crippen LogP contribution in [0.1, 0.15) is 65.5 Å². The van der Waals surface area contributed by atoms with E-state index < -0.39 is 29.4 Å². The van der Waals surface area contributed by atoms with E-state index in [0.717, 1.165) is 0 Å². The number of hydrogen-bond acceptors (Lipinski definition) is 7. The van der Waals surface area contributed by atoms with E-state index in [-0.39, 0.29) is 13.2 Å². The second-order valence-electron chi connectivity index (χ2n) is 8.57. The van der Waals surface area contributed by atoms with Crippen LogP contribution < -0.4 is 5.32 Å². The third-order valence-corrected chi connectivity index (χ3v) is 4.86. The first kappa shape index (κ1) is 25.9. The van der Waals surface area contributed by atoms with Crippen LogP contribution in [-0.2, 0) is 28.6 Å². The summed E-state index contributed by atoms with van der Waals surface area (Å²) in [6, 6.07) is 7.27. The van der Waals surface area contributed by atoms with Crippen molar-refractivity contribution in [2.45, 2.75) is 60.0 Å². The summed E-state index contributed by atoms with van der Waals surface area (Å²) >= 11 is 0. The van der Waals surface area contributed by atoms with Crippen LogP contribution in [0.4, 0.5) is 0 Å². The van der Waals surface area contributed by atoms with Crippen molar-refractivity contribution >= 4 is 24.0 Å². The molecule has 0 aliphatic carbocycles. The van der Waals surface area contributed by atoms with Crippen molar-refractivity contribution in [3.05, 3.63) is 64.0 Å². The number of carbonyl (C=O) groups excluding carboxylic acids is 3. The minimum Gasteiger partial charge on any atom is -0.463 e. The summed E-state index contributed by atoms with van der Waals surface area (Å²) in [5.41, 5.74) is 2.55. The summed E-state index contributed by atoms with van der Waals surface area (Å²) in [6.07, 6.45) is 2.97. The molecule has 0 radical (unpaired) electrons. The Labute approximate surface area is 195 Å². The quantitative estimate of drug-likeness (QED) is 0.277. The molecule has 0 saturated carbocycles. The Kier molecular flexibility index (Phi) is 8.63. The maximum atomic E-state index is 13.0. The van der Waals surface area contributed by atoms with E-state index in [9.17, 15) is 14.4 Å². The van der Waals surface area contributed by atoms with E-state index in [0.29, 0.717) is 33.7 Å². The number of allylic oxidation sites excluding steroid dienone is 2. The van der Waals surface area contributed by atoms with Crippen LogP contribution in [0, 0.1) is 0 Å². The lowest BCUT2D eigenvalue weighted by molar-refractivity contribution is -0.148. The molecule has 0 amide bonds. The van der Waals surface area contributed by atoms with Gasteiger partial charge in [-0.15, -0.1) is 0 Å². The molecule has 1 aliphatic rings. The Morgan fingerprint density at radius 1 is 0.939 bits per heavy atom. The van der Waals surface area contributed by atoms with Crippen LogP contribution in [0.15, 0.2) is 52.9 Å². The standard InChI is InChI=1S/C26H33NO6/c1-8-31-24(29)21-16(3)27-17(4)22(25(30)32-9-2)23(21)19-13-11-10-12-18(19)14-15-20(28)33-26(5,6)7/h10-15,23,27H,8-9H2,1-7H3/b15-14-/i3+1,4+1,16+1,17+1,21+1,22+1,24+1,25+1. The molecule has 0 saturated heterocycles. The maximum Gasteiger partial charge on any atom is 0.336 e. The molecule has 7 heteroatoms. The van der Waals surface area contributed by atoms with Gasteiger partial charge >= 0.3 is 17.9 Å². The predicted molar refractivity (Wildman–Crippen MR) is 126 cm³/mol. The third kappa shape index (κ3) is 6.57. The van der Waals surface area contributed by atoms with Crippen molar-refractivity contribution in [3.63, 3.8) is 0 Å². The third-order valence-electron chi connectivity index (χ3n) is 4.86. The van der Waals surface area contributed by atoms with Crippen molar-refractivity contribution in [3.8, 4) is 0 Å². The normalized spacial score (nSPS) is 14.9. The molecule has 1 N–H and O–H groups in total. The van der Waals surface area contributed by atoms with Crippen LogP contribution in [0.25, 0.3) is 6.08 Å². The molecule has 0 fully saturated rings. The summed E-state index contributed by atoms with van der Waals surface area (Å²) < 4.78 is 16.0. The molecule has 1 aliphatic heterocycles. The van der Waals surface area contributed by atoms with E-state index in [2.05, 4.69) is 5.32 Å². The highest BCUT2D eigenvalue weighted by Gasteiger charge is 2.38. The Balaban J connectivity index is 2.65. The number of carbonyl (C=O) groups is 3. The fourth-order valence-corrected chi connectivity index (χ4v) is 3.68. The molecular weight excluding hydrogens is 430 g/mol. The minimum absolute atomic E-state index is 0.194. The molecule has 2 rings (SSSR count). The number of dihydropyridines is 1. The van der Waals surface area contributed by atoms with Gasteiger partial charge in [-0.25, -0.2) is 14.4 Å². The van der Waals surface area contributed by atoms with E-state index in [1.54, 1.807) is 54.5 Å². The number of ether oxygens (including phenoxy) is 3. The van der Waals surface area contributed by atoms with E-state index in [1.807, 2.05) is 24.3 Å². The van der Waals surface area contributed by atoms with Gasteiger partial charge < -0.3 is 19.5 Å². The number of rotatable bonds is 7. The molecule has 0 unspecified atom stereocenters. The molecule has 0 bridgehead atoms. The zero-order valence-corrected chi connectivity index (χ0v) is 20.4. The summed E-state index contributed by atoms with van der Waals surface area (Å²) in [5, 5.41) is 3.12. The first-order chi connectivity index (χ1) is 15.5. The number of nitrogens with one attached hydrogen (secondary N) is 1. The summed E-state index contributed by atoms with van der Waals surface area (Å²) in [5.74, 6) is -2.26. The molecule has 0 aromatic heterocycles. The van der Waals surface area contributed by atoms with Gasteiger partial charge in [0.25, 0.3) is 0 Å². The van der Waals surface area contributed by atoms with Gasteiger partial charge in [0, 0.05) is 17.5 Å². The van der Waals surface area contributed by atoms with Gasteiger partial charge in [-0.2, -0.15) is 0 Å². The fraction of sp³-hybridized carbons (Fsp3) is 0.423. The molecular formula is C26H33NO6. The molecule has 0 atom stereocenters. The Hall–Kier alpha value is -3.35. The van der Waals surface area contributed by atoms with Gasteiger partial charge in [0.1, 0.15) is 5.60 Å². The van der Waals surface area contributed by atoms with Gasteiger partial charge in [0.15, 0.2) is 0 Å². The topological polar surface area (TPSA) is 90.9 Å². The highest BCUT2D eigenvalue weighted by molar-refractivity contribution is 6.00. The van der Waals surface area contributed by atoms with Crippen molar-refractivity contribution in [1.82, 2.24) is 5.32 Å². The molecule has 1 heterocycles. The number of esters is 3. The molecule has 1 aromatic carbocycles. The van der Waals surface area contributed by atoms with E-state index in [4.69, 9.17) is 14.2 Å². The lowest BCUT2D eigenvalue weighted by Gasteiger charge is -2.31. The van der Waals surface area contributed by atoms with E-state index >= 15 is 0 Å².